The smallest absolute Gasteiger partial charge is 0.271 e. The molecule has 2 aromatic rings. The number of nitrogens with zero attached hydrogens (tertiary/aromatic N) is 4. The number of thiazole rings is 1. The predicted octanol–water partition coefficient (Wildman–Crippen LogP) is 2.48. The molecule has 4 atom stereocenters. The number of fused-ring (bicyclic) bond motifs is 5. The fourth-order valence-corrected chi connectivity index (χ4v) is 6.82. The molecular weight excluding hydrogens is 372 g/mol. The number of likely N-dealkylation sites (tertiary alicyclic amines) is 1. The second-order valence-electron chi connectivity index (χ2n) is 9.20. The van der Waals surface area contributed by atoms with Crippen molar-refractivity contribution in [2.75, 3.05) is 19.6 Å². The minimum Gasteiger partial charge on any atom is -0.338 e. The number of carbonyl (C=O) groups excluding carboxylic acids is 1. The zero-order valence-corrected chi connectivity index (χ0v) is 16.8. The first-order chi connectivity index (χ1) is 13.7. The van der Waals surface area contributed by atoms with Crippen LogP contribution in [0.1, 0.15) is 48.9 Å². The summed E-state index contributed by atoms with van der Waals surface area (Å²) in [5, 5.41) is 1.83. The minimum atomic E-state index is -0.236. The molecule has 1 amide bonds. The Labute approximate surface area is 168 Å². The van der Waals surface area contributed by atoms with Gasteiger partial charge >= 0.3 is 0 Å². The monoisotopic (exact) mass is 398 g/mol. The summed E-state index contributed by atoms with van der Waals surface area (Å²) in [6, 6.07) is 1.42. The van der Waals surface area contributed by atoms with Gasteiger partial charge in [0.1, 0.15) is 5.56 Å². The number of carbonyl (C=O) groups is 1. The Hall–Kier alpha value is -1.73. The molecule has 2 aromatic heterocycles. The van der Waals surface area contributed by atoms with E-state index in [4.69, 9.17) is 0 Å². The largest absolute Gasteiger partial charge is 0.338 e. The molecule has 1 aliphatic carbocycles. The maximum Gasteiger partial charge on any atom is 0.271 e. The molecule has 3 saturated heterocycles. The van der Waals surface area contributed by atoms with E-state index in [1.807, 2.05) is 10.3 Å². The van der Waals surface area contributed by atoms with Crippen molar-refractivity contribution in [3.05, 3.63) is 33.7 Å². The van der Waals surface area contributed by atoms with E-state index in [2.05, 4.69) is 9.88 Å². The number of aromatic nitrogens is 2. The van der Waals surface area contributed by atoms with E-state index in [-0.39, 0.29) is 17.0 Å². The highest BCUT2D eigenvalue weighted by Gasteiger charge is 2.48. The maximum atomic E-state index is 13.2. The lowest BCUT2D eigenvalue weighted by molar-refractivity contribution is -0.0551. The van der Waals surface area contributed by atoms with Gasteiger partial charge in [0.05, 0.1) is 0 Å². The molecule has 148 valence electrons. The summed E-state index contributed by atoms with van der Waals surface area (Å²) >= 11 is 1.41. The van der Waals surface area contributed by atoms with Gasteiger partial charge in [-0.1, -0.05) is 6.42 Å². The maximum absolute atomic E-state index is 13.2. The second kappa shape index (κ2) is 6.39. The molecule has 4 aliphatic rings. The van der Waals surface area contributed by atoms with Gasteiger partial charge in [-0.3, -0.25) is 18.9 Å². The Bertz CT molecular complexity index is 980. The molecule has 0 spiro atoms. The molecule has 5 heterocycles. The molecule has 6 rings (SSSR count). The summed E-state index contributed by atoms with van der Waals surface area (Å²) in [4.78, 5) is 35.7. The summed E-state index contributed by atoms with van der Waals surface area (Å²) in [6.45, 7) is 2.70. The van der Waals surface area contributed by atoms with Crippen molar-refractivity contribution < 1.29 is 4.79 Å². The second-order valence-corrected chi connectivity index (χ2v) is 10.1. The van der Waals surface area contributed by atoms with Crippen LogP contribution in [0.2, 0.25) is 0 Å². The summed E-state index contributed by atoms with van der Waals surface area (Å²) in [7, 11) is 0. The van der Waals surface area contributed by atoms with Crippen LogP contribution in [-0.4, -0.2) is 56.8 Å². The zero-order chi connectivity index (χ0) is 18.8. The molecule has 7 heteroatoms. The summed E-state index contributed by atoms with van der Waals surface area (Å²) in [6.07, 6.45) is 11.2. The van der Waals surface area contributed by atoms with Crippen molar-refractivity contribution in [2.24, 2.45) is 17.8 Å². The van der Waals surface area contributed by atoms with Crippen LogP contribution in [0, 0.1) is 17.8 Å². The molecule has 0 N–H and O–H groups in total. The van der Waals surface area contributed by atoms with Crippen LogP contribution in [-0.2, 0) is 0 Å². The third kappa shape index (κ3) is 2.66. The zero-order valence-electron chi connectivity index (χ0n) is 16.0. The molecule has 28 heavy (non-hydrogen) atoms. The summed E-state index contributed by atoms with van der Waals surface area (Å²) in [5.74, 6) is 1.90. The van der Waals surface area contributed by atoms with Crippen LogP contribution in [0.4, 0.5) is 0 Å². The highest BCUT2D eigenvalue weighted by Crippen LogP contribution is 2.46. The first kappa shape index (κ1) is 17.2. The number of hydrogen-bond donors (Lipinski definition) is 0. The van der Waals surface area contributed by atoms with Crippen molar-refractivity contribution in [2.45, 2.75) is 50.6 Å². The number of rotatable bonds is 2. The van der Waals surface area contributed by atoms with Gasteiger partial charge in [-0.15, -0.1) is 11.3 Å². The van der Waals surface area contributed by atoms with Crippen molar-refractivity contribution in [1.82, 2.24) is 19.2 Å². The van der Waals surface area contributed by atoms with E-state index >= 15 is 0 Å². The highest BCUT2D eigenvalue weighted by molar-refractivity contribution is 7.15. The van der Waals surface area contributed by atoms with Gasteiger partial charge in [0.25, 0.3) is 11.5 Å². The highest BCUT2D eigenvalue weighted by atomic mass is 32.1. The lowest BCUT2D eigenvalue weighted by Gasteiger charge is -2.55. The van der Waals surface area contributed by atoms with Gasteiger partial charge in [-0.2, -0.15) is 0 Å². The first-order valence-electron chi connectivity index (χ1n) is 10.7. The van der Waals surface area contributed by atoms with E-state index in [1.54, 1.807) is 6.20 Å². The Morgan fingerprint density at radius 1 is 1.07 bits per heavy atom. The SMILES string of the molecule is O=C(c1cnc2sccn2c1=O)N1C[C@@H]2C[C@H](C1)[C@@H]1CCC[C@H](C3CC3)N1C2. The standard InChI is InChI=1S/C21H26N4O2S/c26-19(16-9-22-21-24(20(16)27)6-7-28-21)23-10-13-8-15(12-23)18-3-1-2-17(14-4-5-14)25(18)11-13/h6-7,9,13-15,17-18H,1-5,8,10-12H2/t13-,15+,17+,18-/m0/s1. The van der Waals surface area contributed by atoms with Crippen LogP contribution >= 0.6 is 11.3 Å². The Morgan fingerprint density at radius 3 is 2.71 bits per heavy atom. The average Bonchev–Trinajstić information content (AvgIpc) is 3.43. The van der Waals surface area contributed by atoms with Gasteiger partial charge in [0, 0.05) is 49.5 Å². The molecule has 0 aromatic carbocycles. The van der Waals surface area contributed by atoms with Crippen molar-refractivity contribution in [3.63, 3.8) is 0 Å². The molecular formula is C21H26N4O2S. The van der Waals surface area contributed by atoms with Gasteiger partial charge in [0.15, 0.2) is 4.96 Å². The molecule has 3 aliphatic heterocycles. The third-order valence-electron chi connectivity index (χ3n) is 7.46. The quantitative estimate of drug-likeness (QED) is 0.780. The van der Waals surface area contributed by atoms with E-state index < -0.39 is 0 Å². The molecule has 1 saturated carbocycles. The normalized spacial score (nSPS) is 33.1. The Kier molecular flexibility index (Phi) is 3.91. The van der Waals surface area contributed by atoms with Crippen LogP contribution in [0.15, 0.2) is 22.6 Å². The lowest BCUT2D eigenvalue weighted by Crippen LogP contribution is -2.62. The molecule has 2 bridgehead atoms. The topological polar surface area (TPSA) is 57.9 Å². The Morgan fingerprint density at radius 2 is 1.89 bits per heavy atom. The number of hydrogen-bond acceptors (Lipinski definition) is 5. The number of amides is 1. The van der Waals surface area contributed by atoms with E-state index in [9.17, 15) is 9.59 Å². The van der Waals surface area contributed by atoms with E-state index in [1.165, 1.54) is 60.5 Å². The Balaban J connectivity index is 1.26. The number of piperidine rings is 3. The van der Waals surface area contributed by atoms with Crippen LogP contribution in [0.3, 0.4) is 0 Å². The lowest BCUT2D eigenvalue weighted by atomic mass is 9.74. The van der Waals surface area contributed by atoms with E-state index in [0.717, 1.165) is 31.6 Å². The van der Waals surface area contributed by atoms with Crippen molar-refractivity contribution in [1.29, 1.82) is 0 Å². The molecule has 6 nitrogen and oxygen atoms in total. The average molecular weight is 399 g/mol. The van der Waals surface area contributed by atoms with Crippen LogP contribution in [0.5, 0.6) is 0 Å². The van der Waals surface area contributed by atoms with E-state index in [0.29, 0.717) is 22.8 Å². The van der Waals surface area contributed by atoms with Crippen molar-refractivity contribution >= 4 is 22.2 Å². The van der Waals surface area contributed by atoms with Crippen LogP contribution < -0.4 is 5.56 Å². The molecule has 4 fully saturated rings. The van der Waals surface area contributed by atoms with Crippen molar-refractivity contribution in [3.8, 4) is 0 Å². The van der Waals surface area contributed by atoms with Gasteiger partial charge in [0.2, 0.25) is 0 Å². The van der Waals surface area contributed by atoms with Gasteiger partial charge < -0.3 is 4.90 Å². The first-order valence-corrected chi connectivity index (χ1v) is 11.6. The predicted molar refractivity (Wildman–Crippen MR) is 108 cm³/mol. The minimum absolute atomic E-state index is 0.129. The van der Waals surface area contributed by atoms with Gasteiger partial charge in [-0.25, -0.2) is 4.98 Å². The summed E-state index contributed by atoms with van der Waals surface area (Å²) < 4.78 is 1.49. The van der Waals surface area contributed by atoms with Gasteiger partial charge in [-0.05, 0) is 49.9 Å². The fourth-order valence-electron chi connectivity index (χ4n) is 6.14. The third-order valence-corrected chi connectivity index (χ3v) is 8.23. The molecule has 0 radical (unpaired) electrons. The summed E-state index contributed by atoms with van der Waals surface area (Å²) in [5.41, 5.74) is -0.0210. The molecule has 0 unspecified atom stereocenters. The fraction of sp³-hybridized carbons (Fsp3) is 0.667. The van der Waals surface area contributed by atoms with Crippen LogP contribution in [0.25, 0.3) is 4.96 Å².